The lowest BCUT2D eigenvalue weighted by Gasteiger charge is -2.34. The first-order chi connectivity index (χ1) is 8.26. The Bertz CT molecular complexity index is 399. The van der Waals surface area contributed by atoms with E-state index in [0.29, 0.717) is 32.0 Å². The van der Waals surface area contributed by atoms with Gasteiger partial charge in [-0.3, -0.25) is 4.79 Å². The normalized spacial score (nSPS) is 19.4. The largest absolute Gasteiger partial charge is 0.377 e. The SMILES string of the molecule is CCC1COCCN1C(=O)c1csc(CN)n1.Cl. The first-order valence-corrected chi connectivity index (χ1v) is 6.67. The molecule has 102 valence electrons. The minimum absolute atomic E-state index is 0. The summed E-state index contributed by atoms with van der Waals surface area (Å²) in [6.45, 7) is 4.32. The fourth-order valence-electron chi connectivity index (χ4n) is 1.91. The molecule has 0 radical (unpaired) electrons. The van der Waals surface area contributed by atoms with Crippen molar-refractivity contribution in [3.63, 3.8) is 0 Å². The van der Waals surface area contributed by atoms with Gasteiger partial charge in [0.05, 0.1) is 19.3 Å². The van der Waals surface area contributed by atoms with E-state index in [9.17, 15) is 4.79 Å². The van der Waals surface area contributed by atoms with Gasteiger partial charge in [-0.15, -0.1) is 23.7 Å². The molecule has 18 heavy (non-hydrogen) atoms. The molecule has 1 saturated heterocycles. The number of carbonyl (C=O) groups is 1. The van der Waals surface area contributed by atoms with E-state index in [1.54, 1.807) is 5.38 Å². The van der Waals surface area contributed by atoms with E-state index in [0.717, 1.165) is 11.4 Å². The van der Waals surface area contributed by atoms with Crippen LogP contribution in [0.5, 0.6) is 0 Å². The summed E-state index contributed by atoms with van der Waals surface area (Å²) in [6.07, 6.45) is 0.902. The van der Waals surface area contributed by atoms with Gasteiger partial charge in [-0.2, -0.15) is 0 Å². The summed E-state index contributed by atoms with van der Waals surface area (Å²) in [4.78, 5) is 18.4. The van der Waals surface area contributed by atoms with E-state index in [4.69, 9.17) is 10.5 Å². The number of carbonyl (C=O) groups excluding carboxylic acids is 1. The first-order valence-electron chi connectivity index (χ1n) is 5.79. The highest BCUT2D eigenvalue weighted by molar-refractivity contribution is 7.09. The average molecular weight is 292 g/mol. The van der Waals surface area contributed by atoms with E-state index < -0.39 is 0 Å². The van der Waals surface area contributed by atoms with Crippen molar-refractivity contribution in [3.8, 4) is 0 Å². The van der Waals surface area contributed by atoms with Gasteiger partial charge in [0.15, 0.2) is 0 Å². The zero-order valence-electron chi connectivity index (χ0n) is 10.3. The average Bonchev–Trinajstić information content (AvgIpc) is 2.86. The summed E-state index contributed by atoms with van der Waals surface area (Å²) < 4.78 is 5.38. The van der Waals surface area contributed by atoms with Gasteiger partial charge in [-0.25, -0.2) is 4.98 Å². The number of thiazole rings is 1. The zero-order valence-corrected chi connectivity index (χ0v) is 11.9. The fraction of sp³-hybridized carbons (Fsp3) is 0.636. The van der Waals surface area contributed by atoms with Crippen LogP contribution in [0, 0.1) is 0 Å². The maximum absolute atomic E-state index is 12.3. The Balaban J connectivity index is 0.00000162. The molecule has 2 heterocycles. The van der Waals surface area contributed by atoms with Crippen LogP contribution in [-0.2, 0) is 11.3 Å². The standard InChI is InChI=1S/C11H17N3O2S.ClH/c1-2-8-6-16-4-3-14(8)11(15)9-7-17-10(5-12)13-9;/h7-8H,2-6,12H2,1H3;1H. The van der Waals surface area contributed by atoms with Crippen molar-refractivity contribution in [2.45, 2.75) is 25.9 Å². The van der Waals surface area contributed by atoms with Crippen LogP contribution in [0.15, 0.2) is 5.38 Å². The van der Waals surface area contributed by atoms with Crippen LogP contribution < -0.4 is 5.73 Å². The number of nitrogens with zero attached hydrogens (tertiary/aromatic N) is 2. The number of nitrogens with two attached hydrogens (primary N) is 1. The van der Waals surface area contributed by atoms with Gasteiger partial charge in [0, 0.05) is 18.5 Å². The number of morpholine rings is 1. The van der Waals surface area contributed by atoms with E-state index >= 15 is 0 Å². The van der Waals surface area contributed by atoms with Crippen molar-refractivity contribution in [3.05, 3.63) is 16.1 Å². The molecule has 0 spiro atoms. The Labute approximate surface area is 117 Å². The van der Waals surface area contributed by atoms with Gasteiger partial charge >= 0.3 is 0 Å². The van der Waals surface area contributed by atoms with Gasteiger partial charge in [-0.05, 0) is 6.42 Å². The van der Waals surface area contributed by atoms with Crippen molar-refractivity contribution in [2.75, 3.05) is 19.8 Å². The smallest absolute Gasteiger partial charge is 0.273 e. The summed E-state index contributed by atoms with van der Waals surface area (Å²) in [5.74, 6) is -0.00361. The maximum atomic E-state index is 12.3. The van der Waals surface area contributed by atoms with Crippen molar-refractivity contribution in [1.29, 1.82) is 0 Å². The van der Waals surface area contributed by atoms with Crippen LogP contribution in [0.25, 0.3) is 0 Å². The maximum Gasteiger partial charge on any atom is 0.273 e. The molecule has 1 aliphatic rings. The Morgan fingerprint density at radius 2 is 2.50 bits per heavy atom. The molecule has 1 unspecified atom stereocenters. The molecule has 2 N–H and O–H groups in total. The third-order valence-corrected chi connectivity index (χ3v) is 3.78. The Morgan fingerprint density at radius 1 is 1.72 bits per heavy atom. The number of halogens is 1. The number of hydrogen-bond donors (Lipinski definition) is 1. The molecule has 1 atom stereocenters. The second-order valence-corrected chi connectivity index (χ2v) is 4.91. The summed E-state index contributed by atoms with van der Waals surface area (Å²) in [6, 6.07) is 0.166. The van der Waals surface area contributed by atoms with Gasteiger partial charge in [-0.1, -0.05) is 6.92 Å². The van der Waals surface area contributed by atoms with Gasteiger partial charge in [0.25, 0.3) is 5.91 Å². The van der Waals surface area contributed by atoms with Gasteiger partial charge in [0.1, 0.15) is 10.7 Å². The highest BCUT2D eigenvalue weighted by Gasteiger charge is 2.27. The predicted molar refractivity (Wildman–Crippen MR) is 73.2 cm³/mol. The number of aromatic nitrogens is 1. The van der Waals surface area contributed by atoms with Crippen molar-refractivity contribution in [1.82, 2.24) is 9.88 Å². The summed E-state index contributed by atoms with van der Waals surface area (Å²) in [5.41, 5.74) is 6.01. The fourth-order valence-corrected chi connectivity index (χ4v) is 2.56. The van der Waals surface area contributed by atoms with Crippen molar-refractivity contribution < 1.29 is 9.53 Å². The second-order valence-electron chi connectivity index (χ2n) is 3.97. The molecule has 1 fully saturated rings. The lowest BCUT2D eigenvalue weighted by Crippen LogP contribution is -2.48. The van der Waals surface area contributed by atoms with Crippen LogP contribution in [0.3, 0.4) is 0 Å². The molecular formula is C11H18ClN3O2S. The minimum atomic E-state index is -0.00361. The quantitative estimate of drug-likeness (QED) is 0.911. The lowest BCUT2D eigenvalue weighted by molar-refractivity contribution is -0.00307. The minimum Gasteiger partial charge on any atom is -0.377 e. The van der Waals surface area contributed by atoms with E-state index in [2.05, 4.69) is 11.9 Å². The van der Waals surface area contributed by atoms with Gasteiger partial charge < -0.3 is 15.4 Å². The third kappa shape index (κ3) is 3.20. The van der Waals surface area contributed by atoms with E-state index in [-0.39, 0.29) is 24.4 Å². The molecule has 5 nitrogen and oxygen atoms in total. The van der Waals surface area contributed by atoms with E-state index in [1.165, 1.54) is 11.3 Å². The Kier molecular flexibility index (Phi) is 6.01. The highest BCUT2D eigenvalue weighted by atomic mass is 35.5. The molecule has 1 aromatic rings. The Morgan fingerprint density at radius 3 is 3.11 bits per heavy atom. The van der Waals surface area contributed by atoms with E-state index in [1.807, 2.05) is 4.90 Å². The second kappa shape index (κ2) is 7.04. The Hall–Kier alpha value is -0.690. The van der Waals surface area contributed by atoms with Crippen molar-refractivity contribution in [2.24, 2.45) is 5.73 Å². The molecule has 0 saturated carbocycles. The van der Waals surface area contributed by atoms with Crippen molar-refractivity contribution >= 4 is 29.7 Å². The topological polar surface area (TPSA) is 68.5 Å². The van der Waals surface area contributed by atoms with Crippen LogP contribution in [0.4, 0.5) is 0 Å². The molecule has 1 aromatic heterocycles. The number of hydrogen-bond acceptors (Lipinski definition) is 5. The van der Waals surface area contributed by atoms with Crippen LogP contribution >= 0.6 is 23.7 Å². The monoisotopic (exact) mass is 291 g/mol. The third-order valence-electron chi connectivity index (χ3n) is 2.91. The molecule has 1 amide bonds. The molecular weight excluding hydrogens is 274 g/mol. The first kappa shape index (κ1) is 15.4. The number of amides is 1. The summed E-state index contributed by atoms with van der Waals surface area (Å²) >= 11 is 1.44. The summed E-state index contributed by atoms with van der Waals surface area (Å²) in [5, 5.41) is 2.59. The molecule has 2 rings (SSSR count). The number of ether oxygens (including phenoxy) is 1. The van der Waals surface area contributed by atoms with Gasteiger partial charge in [0.2, 0.25) is 0 Å². The molecule has 0 aliphatic carbocycles. The molecule has 1 aliphatic heterocycles. The predicted octanol–water partition coefficient (Wildman–Crippen LogP) is 1.27. The number of rotatable bonds is 3. The molecule has 0 aromatic carbocycles. The molecule has 0 bridgehead atoms. The van der Waals surface area contributed by atoms with Crippen LogP contribution in [0.2, 0.25) is 0 Å². The molecule has 7 heteroatoms. The highest BCUT2D eigenvalue weighted by Crippen LogP contribution is 2.16. The van der Waals surface area contributed by atoms with Crippen LogP contribution in [0.1, 0.15) is 28.8 Å². The van der Waals surface area contributed by atoms with Crippen LogP contribution in [-0.4, -0.2) is 41.6 Å². The lowest BCUT2D eigenvalue weighted by atomic mass is 10.1. The summed E-state index contributed by atoms with van der Waals surface area (Å²) in [7, 11) is 0. The zero-order chi connectivity index (χ0) is 12.3.